The molecule has 0 atom stereocenters. The quantitative estimate of drug-likeness (QED) is 0.853. The maximum atomic E-state index is 5.47. The summed E-state index contributed by atoms with van der Waals surface area (Å²) in [5.41, 5.74) is 7.38. The zero-order valence-corrected chi connectivity index (χ0v) is 9.98. The first kappa shape index (κ1) is 10.1. The number of hydrogen-bond donors (Lipinski definition) is 1. The molecular weight excluding hydrogens is 258 g/mol. The van der Waals surface area contributed by atoms with Gasteiger partial charge >= 0.3 is 0 Å². The van der Waals surface area contributed by atoms with E-state index in [4.69, 9.17) is 5.73 Å². The SMILES string of the molecule is Cc1nn(-c2cnc(N)cn2)c(C)c1Br. The lowest BCUT2D eigenvalue weighted by molar-refractivity contribution is 0.800. The first-order valence-electron chi connectivity index (χ1n) is 4.39. The van der Waals surface area contributed by atoms with Gasteiger partial charge in [0, 0.05) is 0 Å². The number of anilines is 1. The molecule has 6 heteroatoms. The number of nitrogens with two attached hydrogens (primary N) is 1. The normalized spacial score (nSPS) is 10.6. The fourth-order valence-corrected chi connectivity index (χ4v) is 1.53. The summed E-state index contributed by atoms with van der Waals surface area (Å²) in [4.78, 5) is 8.13. The summed E-state index contributed by atoms with van der Waals surface area (Å²) in [6.45, 7) is 3.89. The number of halogens is 1. The summed E-state index contributed by atoms with van der Waals surface area (Å²) in [6, 6.07) is 0. The molecule has 2 heterocycles. The molecule has 5 nitrogen and oxygen atoms in total. The Morgan fingerprint density at radius 3 is 2.47 bits per heavy atom. The van der Waals surface area contributed by atoms with Crippen molar-refractivity contribution in [2.75, 3.05) is 5.73 Å². The smallest absolute Gasteiger partial charge is 0.172 e. The zero-order chi connectivity index (χ0) is 11.0. The van der Waals surface area contributed by atoms with Crippen molar-refractivity contribution in [1.82, 2.24) is 19.7 Å². The molecule has 0 aliphatic carbocycles. The Kier molecular flexibility index (Phi) is 2.44. The number of aryl methyl sites for hydroxylation is 1. The van der Waals surface area contributed by atoms with Crippen LogP contribution in [0.1, 0.15) is 11.4 Å². The van der Waals surface area contributed by atoms with E-state index in [2.05, 4.69) is 31.0 Å². The van der Waals surface area contributed by atoms with Gasteiger partial charge in [-0.3, -0.25) is 0 Å². The van der Waals surface area contributed by atoms with E-state index >= 15 is 0 Å². The molecule has 0 aromatic carbocycles. The van der Waals surface area contributed by atoms with Gasteiger partial charge in [-0.25, -0.2) is 14.6 Å². The third-order valence-corrected chi connectivity index (χ3v) is 3.23. The second-order valence-electron chi connectivity index (χ2n) is 3.20. The molecular formula is C9H10BrN5. The Labute approximate surface area is 95.5 Å². The van der Waals surface area contributed by atoms with Gasteiger partial charge in [0.2, 0.25) is 0 Å². The van der Waals surface area contributed by atoms with Crippen molar-refractivity contribution in [3.8, 4) is 5.82 Å². The third-order valence-electron chi connectivity index (χ3n) is 2.08. The van der Waals surface area contributed by atoms with Gasteiger partial charge in [-0.1, -0.05) is 0 Å². The Hall–Kier alpha value is -1.43. The molecule has 0 aliphatic rings. The van der Waals surface area contributed by atoms with Crippen LogP contribution in [0.25, 0.3) is 5.82 Å². The van der Waals surface area contributed by atoms with Gasteiger partial charge in [-0.05, 0) is 29.8 Å². The molecule has 78 valence electrons. The van der Waals surface area contributed by atoms with Crippen LogP contribution in [0.4, 0.5) is 5.82 Å². The van der Waals surface area contributed by atoms with Crippen LogP contribution in [0.15, 0.2) is 16.9 Å². The van der Waals surface area contributed by atoms with Crippen molar-refractivity contribution in [3.05, 3.63) is 28.3 Å². The summed E-state index contributed by atoms with van der Waals surface area (Å²) in [7, 11) is 0. The maximum Gasteiger partial charge on any atom is 0.172 e. The largest absolute Gasteiger partial charge is 0.382 e. The molecule has 0 unspecified atom stereocenters. The van der Waals surface area contributed by atoms with Crippen LogP contribution < -0.4 is 5.73 Å². The number of nitrogen functional groups attached to an aromatic ring is 1. The average Bonchev–Trinajstić information content (AvgIpc) is 2.47. The minimum Gasteiger partial charge on any atom is -0.382 e. The fourth-order valence-electron chi connectivity index (χ4n) is 1.29. The lowest BCUT2D eigenvalue weighted by Gasteiger charge is -2.02. The highest BCUT2D eigenvalue weighted by atomic mass is 79.9. The standard InChI is InChI=1S/C9H10BrN5/c1-5-9(10)6(2)15(14-5)8-4-12-7(11)3-13-8/h3-4H,1-2H3,(H2,11,12). The van der Waals surface area contributed by atoms with Gasteiger partial charge in [0.05, 0.1) is 28.3 Å². The zero-order valence-electron chi connectivity index (χ0n) is 8.40. The van der Waals surface area contributed by atoms with Gasteiger partial charge in [0.15, 0.2) is 5.82 Å². The van der Waals surface area contributed by atoms with Crippen molar-refractivity contribution in [2.24, 2.45) is 0 Å². The second kappa shape index (κ2) is 3.62. The first-order chi connectivity index (χ1) is 7.09. The lowest BCUT2D eigenvalue weighted by atomic mass is 10.4. The summed E-state index contributed by atoms with van der Waals surface area (Å²) >= 11 is 3.46. The topological polar surface area (TPSA) is 69.6 Å². The summed E-state index contributed by atoms with van der Waals surface area (Å²) in [5.74, 6) is 1.06. The minimum absolute atomic E-state index is 0.402. The van der Waals surface area contributed by atoms with Gasteiger partial charge in [-0.15, -0.1) is 0 Å². The number of rotatable bonds is 1. The van der Waals surface area contributed by atoms with Crippen molar-refractivity contribution < 1.29 is 0 Å². The van der Waals surface area contributed by atoms with Gasteiger partial charge in [-0.2, -0.15) is 5.10 Å². The number of aromatic nitrogens is 4. The molecule has 2 N–H and O–H groups in total. The van der Waals surface area contributed by atoms with Crippen molar-refractivity contribution in [2.45, 2.75) is 13.8 Å². The lowest BCUT2D eigenvalue weighted by Crippen LogP contribution is -2.03. The average molecular weight is 268 g/mol. The van der Waals surface area contributed by atoms with Crippen LogP contribution in [0.5, 0.6) is 0 Å². The van der Waals surface area contributed by atoms with E-state index in [0.29, 0.717) is 11.6 Å². The Balaban J connectivity index is 2.54. The number of hydrogen-bond acceptors (Lipinski definition) is 4. The first-order valence-corrected chi connectivity index (χ1v) is 5.18. The van der Waals surface area contributed by atoms with Crippen LogP contribution >= 0.6 is 15.9 Å². The molecule has 2 aromatic rings. The highest BCUT2D eigenvalue weighted by molar-refractivity contribution is 9.10. The van der Waals surface area contributed by atoms with Crippen molar-refractivity contribution in [3.63, 3.8) is 0 Å². The summed E-state index contributed by atoms with van der Waals surface area (Å²) < 4.78 is 2.72. The summed E-state index contributed by atoms with van der Waals surface area (Å²) in [6.07, 6.45) is 3.11. The molecule has 0 aliphatic heterocycles. The predicted octanol–water partition coefficient (Wildman–Crippen LogP) is 1.62. The summed E-state index contributed by atoms with van der Waals surface area (Å²) in [5, 5.41) is 4.34. The van der Waals surface area contributed by atoms with E-state index in [1.807, 2.05) is 13.8 Å². The van der Waals surface area contributed by atoms with Crippen LogP contribution in [0, 0.1) is 13.8 Å². The Morgan fingerprint density at radius 2 is 2.00 bits per heavy atom. The van der Waals surface area contributed by atoms with Crippen LogP contribution in [-0.2, 0) is 0 Å². The second-order valence-corrected chi connectivity index (χ2v) is 3.99. The Bertz CT molecular complexity index is 488. The molecule has 0 spiro atoms. The molecule has 2 rings (SSSR count). The fraction of sp³-hybridized carbons (Fsp3) is 0.222. The number of nitrogens with zero attached hydrogens (tertiary/aromatic N) is 4. The molecule has 0 bridgehead atoms. The molecule has 15 heavy (non-hydrogen) atoms. The molecule has 2 aromatic heterocycles. The van der Waals surface area contributed by atoms with Crippen molar-refractivity contribution in [1.29, 1.82) is 0 Å². The van der Waals surface area contributed by atoms with E-state index in [1.54, 1.807) is 10.9 Å². The van der Waals surface area contributed by atoms with Gasteiger partial charge in [0.1, 0.15) is 5.82 Å². The predicted molar refractivity (Wildman–Crippen MR) is 60.7 cm³/mol. The third kappa shape index (κ3) is 1.72. The van der Waals surface area contributed by atoms with Gasteiger partial charge < -0.3 is 5.73 Å². The van der Waals surface area contributed by atoms with E-state index in [-0.39, 0.29) is 0 Å². The van der Waals surface area contributed by atoms with Crippen LogP contribution in [-0.4, -0.2) is 19.7 Å². The Morgan fingerprint density at radius 1 is 1.27 bits per heavy atom. The molecule has 0 saturated carbocycles. The molecule has 0 saturated heterocycles. The molecule has 0 radical (unpaired) electrons. The molecule has 0 fully saturated rings. The van der Waals surface area contributed by atoms with E-state index in [9.17, 15) is 0 Å². The van der Waals surface area contributed by atoms with Crippen molar-refractivity contribution >= 4 is 21.7 Å². The van der Waals surface area contributed by atoms with E-state index in [1.165, 1.54) is 6.20 Å². The van der Waals surface area contributed by atoms with E-state index in [0.717, 1.165) is 15.9 Å². The monoisotopic (exact) mass is 267 g/mol. The van der Waals surface area contributed by atoms with Crippen LogP contribution in [0.3, 0.4) is 0 Å². The highest BCUT2D eigenvalue weighted by Crippen LogP contribution is 2.21. The highest BCUT2D eigenvalue weighted by Gasteiger charge is 2.10. The molecule has 0 amide bonds. The maximum absolute atomic E-state index is 5.47. The van der Waals surface area contributed by atoms with E-state index < -0.39 is 0 Å². The minimum atomic E-state index is 0.402. The van der Waals surface area contributed by atoms with Crippen LogP contribution in [0.2, 0.25) is 0 Å². The van der Waals surface area contributed by atoms with Gasteiger partial charge in [0.25, 0.3) is 0 Å².